The lowest BCUT2D eigenvalue weighted by Gasteiger charge is -2.43. The van der Waals surface area contributed by atoms with Crippen molar-refractivity contribution in [3.8, 4) is 11.3 Å². The summed E-state index contributed by atoms with van der Waals surface area (Å²) >= 11 is 19.0. The third-order valence-corrected chi connectivity index (χ3v) is 9.93. The molecular formula is C29H30Cl3N3O. The fourth-order valence-electron chi connectivity index (χ4n) is 7.27. The molecule has 3 aliphatic carbocycles. The van der Waals surface area contributed by atoms with Crippen molar-refractivity contribution in [1.82, 2.24) is 15.1 Å². The van der Waals surface area contributed by atoms with Crippen molar-refractivity contribution in [2.75, 3.05) is 0 Å². The highest BCUT2D eigenvalue weighted by molar-refractivity contribution is 6.35. The fraction of sp³-hybridized carbons (Fsp3) is 0.448. The molecule has 1 heterocycles. The first-order valence-corrected chi connectivity index (χ1v) is 13.8. The first kappa shape index (κ1) is 24.3. The molecule has 4 nitrogen and oxygen atoms in total. The number of nitrogens with one attached hydrogen (secondary N) is 1. The van der Waals surface area contributed by atoms with Gasteiger partial charge in [-0.05, 0) is 84.2 Å². The van der Waals surface area contributed by atoms with Crippen LogP contribution in [0.15, 0.2) is 36.4 Å². The summed E-state index contributed by atoms with van der Waals surface area (Å²) in [6.45, 7) is 7.40. The van der Waals surface area contributed by atoms with E-state index in [1.54, 1.807) is 6.07 Å². The maximum Gasteiger partial charge on any atom is 0.272 e. The van der Waals surface area contributed by atoms with Crippen molar-refractivity contribution >= 4 is 40.7 Å². The van der Waals surface area contributed by atoms with E-state index >= 15 is 0 Å². The van der Waals surface area contributed by atoms with Crippen molar-refractivity contribution in [3.05, 3.63) is 73.9 Å². The minimum atomic E-state index is -0.0727. The zero-order valence-electron chi connectivity index (χ0n) is 20.8. The van der Waals surface area contributed by atoms with Crippen LogP contribution in [0.4, 0.5) is 0 Å². The molecular weight excluding hydrogens is 513 g/mol. The summed E-state index contributed by atoms with van der Waals surface area (Å²) in [4.78, 5) is 13.9. The van der Waals surface area contributed by atoms with Crippen LogP contribution in [0.5, 0.6) is 0 Å². The van der Waals surface area contributed by atoms with Crippen LogP contribution in [-0.4, -0.2) is 21.7 Å². The minimum Gasteiger partial charge on any atom is -0.347 e. The van der Waals surface area contributed by atoms with Gasteiger partial charge in [-0.15, -0.1) is 0 Å². The Balaban J connectivity index is 1.42. The van der Waals surface area contributed by atoms with E-state index in [-0.39, 0.29) is 22.8 Å². The molecule has 0 aliphatic heterocycles. The molecule has 188 valence electrons. The molecule has 36 heavy (non-hydrogen) atoms. The molecule has 1 amide bonds. The number of hydrogen-bond acceptors (Lipinski definition) is 2. The summed E-state index contributed by atoms with van der Waals surface area (Å²) < 4.78 is 1.93. The van der Waals surface area contributed by atoms with Crippen LogP contribution in [0.25, 0.3) is 11.3 Å². The van der Waals surface area contributed by atoms with E-state index in [2.05, 4.69) is 26.1 Å². The van der Waals surface area contributed by atoms with Crippen LogP contribution >= 0.6 is 34.8 Å². The molecule has 1 aromatic heterocycles. The van der Waals surface area contributed by atoms with Crippen LogP contribution in [0.2, 0.25) is 15.1 Å². The molecule has 2 fully saturated rings. The Hall–Kier alpha value is -2.01. The van der Waals surface area contributed by atoms with Crippen molar-refractivity contribution in [2.24, 2.45) is 16.7 Å². The molecule has 1 N–H and O–H groups in total. The van der Waals surface area contributed by atoms with E-state index in [1.165, 1.54) is 24.8 Å². The Kier molecular flexibility index (Phi) is 5.75. The lowest BCUT2D eigenvalue weighted by atomic mass is 9.68. The standard InChI is InChI=1S/C29H30Cl3N3O/c1-28(2)18-10-11-29(3,14-18)27(28)33-26(36)24-22-8-5-16-12-19(30)7-9-21(16)25(22)35(34-24)15-17-4-6-20(31)13-23(17)32/h4,6-7,9,12-13,18,27H,5,8,10-11,14-15H2,1-3H3,(H,33,36). The lowest BCUT2D eigenvalue weighted by Crippen LogP contribution is -2.52. The quantitative estimate of drug-likeness (QED) is 0.369. The average Bonchev–Trinajstić information content (AvgIpc) is 3.45. The number of hydrogen-bond donors (Lipinski definition) is 1. The van der Waals surface area contributed by atoms with Gasteiger partial charge in [0.15, 0.2) is 5.69 Å². The van der Waals surface area contributed by atoms with Crippen LogP contribution < -0.4 is 5.32 Å². The number of carbonyl (C=O) groups is 1. The third kappa shape index (κ3) is 3.79. The predicted molar refractivity (Wildman–Crippen MR) is 146 cm³/mol. The van der Waals surface area contributed by atoms with E-state index in [9.17, 15) is 4.79 Å². The van der Waals surface area contributed by atoms with Gasteiger partial charge < -0.3 is 5.32 Å². The Morgan fingerprint density at radius 1 is 1.08 bits per heavy atom. The van der Waals surface area contributed by atoms with E-state index < -0.39 is 0 Å². The van der Waals surface area contributed by atoms with E-state index in [0.717, 1.165) is 35.2 Å². The van der Waals surface area contributed by atoms with Gasteiger partial charge in [0.1, 0.15) is 0 Å². The molecule has 3 aliphatic rings. The summed E-state index contributed by atoms with van der Waals surface area (Å²) in [6.07, 6.45) is 5.17. The van der Waals surface area contributed by atoms with Gasteiger partial charge in [-0.1, -0.05) is 67.7 Å². The van der Waals surface area contributed by atoms with Gasteiger partial charge in [-0.25, -0.2) is 0 Å². The van der Waals surface area contributed by atoms with Crippen molar-refractivity contribution < 1.29 is 4.79 Å². The number of carbonyl (C=O) groups excluding carboxylic acids is 1. The minimum absolute atomic E-state index is 0.0727. The second kappa shape index (κ2) is 8.51. The molecule has 3 unspecified atom stereocenters. The highest BCUT2D eigenvalue weighted by Gasteiger charge is 2.59. The first-order valence-electron chi connectivity index (χ1n) is 12.7. The molecule has 0 radical (unpaired) electrons. The van der Waals surface area contributed by atoms with Crippen LogP contribution in [-0.2, 0) is 19.4 Å². The van der Waals surface area contributed by atoms with Crippen LogP contribution in [0.3, 0.4) is 0 Å². The predicted octanol–water partition coefficient (Wildman–Crippen LogP) is 7.60. The number of halogens is 3. The number of rotatable bonds is 4. The second-order valence-electron chi connectivity index (χ2n) is 11.7. The number of fused-ring (bicyclic) bond motifs is 5. The molecule has 2 bridgehead atoms. The van der Waals surface area contributed by atoms with Crippen molar-refractivity contribution in [2.45, 2.75) is 65.5 Å². The monoisotopic (exact) mass is 541 g/mol. The number of amides is 1. The SMILES string of the molecule is CC12CCC(C1)C(C)(C)C2NC(=O)c1nn(Cc2ccc(Cl)cc2Cl)c2c1CCc1cc(Cl)ccc1-2. The summed E-state index contributed by atoms with van der Waals surface area (Å²) in [5.41, 5.74) is 5.87. The van der Waals surface area contributed by atoms with Gasteiger partial charge in [0, 0.05) is 32.2 Å². The zero-order chi connectivity index (χ0) is 25.4. The highest BCUT2D eigenvalue weighted by Crippen LogP contribution is 2.62. The first-order chi connectivity index (χ1) is 17.1. The zero-order valence-corrected chi connectivity index (χ0v) is 23.1. The van der Waals surface area contributed by atoms with Gasteiger partial charge >= 0.3 is 0 Å². The Labute approximate surface area is 227 Å². The Bertz CT molecular complexity index is 1390. The topological polar surface area (TPSA) is 46.9 Å². The lowest BCUT2D eigenvalue weighted by molar-refractivity contribution is 0.0731. The number of aryl methyl sites for hydroxylation is 1. The molecule has 2 aromatic carbocycles. The van der Waals surface area contributed by atoms with Gasteiger partial charge in [0.05, 0.1) is 12.2 Å². The molecule has 0 spiro atoms. The average molecular weight is 543 g/mol. The maximum absolute atomic E-state index is 13.9. The summed E-state index contributed by atoms with van der Waals surface area (Å²) in [5.74, 6) is 0.583. The number of nitrogens with zero attached hydrogens (tertiary/aromatic N) is 2. The number of benzene rings is 2. The van der Waals surface area contributed by atoms with Crippen molar-refractivity contribution in [3.63, 3.8) is 0 Å². The molecule has 3 aromatic rings. The van der Waals surface area contributed by atoms with Crippen LogP contribution in [0, 0.1) is 16.7 Å². The van der Waals surface area contributed by atoms with Gasteiger partial charge in [-0.2, -0.15) is 5.10 Å². The Morgan fingerprint density at radius 2 is 1.83 bits per heavy atom. The normalized spacial score (nSPS) is 25.5. The third-order valence-electron chi connectivity index (χ3n) is 9.11. The summed E-state index contributed by atoms with van der Waals surface area (Å²) in [7, 11) is 0. The smallest absolute Gasteiger partial charge is 0.272 e. The van der Waals surface area contributed by atoms with Crippen LogP contribution in [0.1, 0.15) is 67.2 Å². The van der Waals surface area contributed by atoms with Gasteiger partial charge in [0.25, 0.3) is 5.91 Å². The summed E-state index contributed by atoms with van der Waals surface area (Å²) in [6, 6.07) is 11.6. The maximum atomic E-state index is 13.9. The fourth-order valence-corrected chi connectivity index (χ4v) is 7.93. The molecule has 2 saturated carbocycles. The molecule has 6 rings (SSSR count). The molecule has 7 heteroatoms. The van der Waals surface area contributed by atoms with Gasteiger partial charge in [0.2, 0.25) is 0 Å². The number of aromatic nitrogens is 2. The highest BCUT2D eigenvalue weighted by atomic mass is 35.5. The van der Waals surface area contributed by atoms with E-state index in [0.29, 0.717) is 33.2 Å². The van der Waals surface area contributed by atoms with Crippen molar-refractivity contribution in [1.29, 1.82) is 0 Å². The van der Waals surface area contributed by atoms with E-state index in [4.69, 9.17) is 39.9 Å². The summed E-state index contributed by atoms with van der Waals surface area (Å²) in [5, 5.41) is 10.3. The molecule has 3 atom stereocenters. The van der Waals surface area contributed by atoms with Gasteiger partial charge in [-0.3, -0.25) is 9.48 Å². The van der Waals surface area contributed by atoms with E-state index in [1.807, 2.05) is 35.0 Å². The molecule has 0 saturated heterocycles. The second-order valence-corrected chi connectivity index (χ2v) is 13.0. The Morgan fingerprint density at radius 3 is 2.56 bits per heavy atom. The largest absolute Gasteiger partial charge is 0.347 e.